The number of carbonyl (C=O) groups is 1. The highest BCUT2D eigenvalue weighted by molar-refractivity contribution is 5.73. The lowest BCUT2D eigenvalue weighted by atomic mass is 9.79. The number of hydrogen-bond acceptors (Lipinski definition) is 3. The van der Waals surface area contributed by atoms with Gasteiger partial charge in [-0.05, 0) is 47.0 Å². The van der Waals surface area contributed by atoms with Crippen molar-refractivity contribution >= 4 is 6.03 Å². The molecular formula is C24H49N3O2. The van der Waals surface area contributed by atoms with Crippen LogP contribution in [0.2, 0.25) is 0 Å². The molecule has 29 heavy (non-hydrogen) atoms. The molecule has 1 aliphatic rings. The highest BCUT2D eigenvalue weighted by Crippen LogP contribution is 2.31. The quantitative estimate of drug-likeness (QED) is 0.293. The van der Waals surface area contributed by atoms with E-state index in [1.54, 1.807) is 12.2 Å². The second kappa shape index (κ2) is 12.8. The number of urea groups is 1. The summed E-state index contributed by atoms with van der Waals surface area (Å²) in [6.45, 7) is 11.8. The molecule has 0 aliphatic carbocycles. The molecule has 0 aromatic carbocycles. The van der Waals surface area contributed by atoms with Gasteiger partial charge >= 0.3 is 6.03 Å². The van der Waals surface area contributed by atoms with Crippen molar-refractivity contribution in [3.63, 3.8) is 0 Å². The van der Waals surface area contributed by atoms with E-state index in [4.69, 9.17) is 4.84 Å². The zero-order valence-corrected chi connectivity index (χ0v) is 20.5. The molecule has 0 radical (unpaired) electrons. The van der Waals surface area contributed by atoms with Crippen LogP contribution in [0.5, 0.6) is 0 Å². The topological polar surface area (TPSA) is 44.8 Å². The number of hydrogen-bond donors (Lipinski definition) is 1. The van der Waals surface area contributed by atoms with Gasteiger partial charge in [0, 0.05) is 24.2 Å². The van der Waals surface area contributed by atoms with Crippen molar-refractivity contribution in [3.05, 3.63) is 0 Å². The Hall–Kier alpha value is -0.810. The lowest BCUT2D eigenvalue weighted by Gasteiger charge is -2.49. The number of unbranched alkanes of at least 4 members (excludes halogenated alkanes) is 9. The molecule has 1 saturated heterocycles. The molecule has 0 aromatic rings. The molecule has 1 aliphatic heterocycles. The summed E-state index contributed by atoms with van der Waals surface area (Å²) in [4.78, 5) is 20.3. The van der Waals surface area contributed by atoms with E-state index in [1.807, 2.05) is 11.9 Å². The molecule has 1 heterocycles. The summed E-state index contributed by atoms with van der Waals surface area (Å²) < 4.78 is 0. The van der Waals surface area contributed by atoms with Crippen LogP contribution in [0.25, 0.3) is 0 Å². The summed E-state index contributed by atoms with van der Waals surface area (Å²) in [5, 5.41) is 5.24. The third-order valence-electron chi connectivity index (χ3n) is 6.17. The van der Waals surface area contributed by atoms with Crippen LogP contribution in [0, 0.1) is 0 Å². The Morgan fingerprint density at radius 1 is 0.897 bits per heavy atom. The number of piperidine rings is 1. The number of amides is 2. The van der Waals surface area contributed by atoms with Gasteiger partial charge in [0.05, 0.1) is 13.7 Å². The second-order valence-electron chi connectivity index (χ2n) is 10.3. The van der Waals surface area contributed by atoms with Gasteiger partial charge in [-0.15, -0.1) is 0 Å². The van der Waals surface area contributed by atoms with E-state index in [9.17, 15) is 4.79 Å². The van der Waals surface area contributed by atoms with E-state index in [2.05, 4.69) is 39.9 Å². The van der Waals surface area contributed by atoms with Crippen LogP contribution in [-0.4, -0.2) is 53.8 Å². The van der Waals surface area contributed by atoms with Crippen LogP contribution in [0.1, 0.15) is 112 Å². The van der Waals surface area contributed by atoms with Gasteiger partial charge in [0.2, 0.25) is 0 Å². The molecule has 0 spiro atoms. The average molecular weight is 412 g/mol. The van der Waals surface area contributed by atoms with Gasteiger partial charge in [0.25, 0.3) is 0 Å². The van der Waals surface area contributed by atoms with Crippen molar-refractivity contribution in [3.8, 4) is 0 Å². The molecule has 0 saturated carbocycles. The Labute approximate surface area is 180 Å². The van der Waals surface area contributed by atoms with E-state index in [1.165, 1.54) is 57.8 Å². The van der Waals surface area contributed by atoms with E-state index in [0.29, 0.717) is 6.54 Å². The fraction of sp³-hybridized carbons (Fsp3) is 0.958. The van der Waals surface area contributed by atoms with Crippen LogP contribution in [-0.2, 0) is 4.84 Å². The maximum Gasteiger partial charge on any atom is 0.343 e. The van der Waals surface area contributed by atoms with Crippen LogP contribution >= 0.6 is 0 Å². The third kappa shape index (κ3) is 10.2. The third-order valence-corrected chi connectivity index (χ3v) is 6.17. The fourth-order valence-corrected chi connectivity index (χ4v) is 4.88. The van der Waals surface area contributed by atoms with Crippen LogP contribution in [0.15, 0.2) is 0 Å². The predicted octanol–water partition coefficient (Wildman–Crippen LogP) is 6.13. The molecule has 0 bridgehead atoms. The molecule has 0 aromatic heterocycles. The molecule has 5 nitrogen and oxygen atoms in total. The van der Waals surface area contributed by atoms with Crippen LogP contribution in [0.3, 0.4) is 0 Å². The van der Waals surface area contributed by atoms with E-state index < -0.39 is 0 Å². The Morgan fingerprint density at radius 2 is 1.34 bits per heavy atom. The molecular weight excluding hydrogens is 362 g/mol. The van der Waals surface area contributed by atoms with Crippen molar-refractivity contribution in [1.82, 2.24) is 15.3 Å². The molecule has 1 fully saturated rings. The molecule has 0 atom stereocenters. The number of nitrogens with zero attached hydrogens (tertiary/aromatic N) is 2. The van der Waals surface area contributed by atoms with Crippen LogP contribution in [0.4, 0.5) is 4.79 Å². The van der Waals surface area contributed by atoms with Gasteiger partial charge in [0.15, 0.2) is 0 Å². The number of rotatable bonds is 13. The molecule has 1 N–H and O–H groups in total. The Kier molecular flexibility index (Phi) is 11.6. The van der Waals surface area contributed by atoms with Gasteiger partial charge in [-0.25, -0.2) is 9.86 Å². The first-order valence-electron chi connectivity index (χ1n) is 12.0. The van der Waals surface area contributed by atoms with Crippen molar-refractivity contribution in [1.29, 1.82) is 0 Å². The van der Waals surface area contributed by atoms with Gasteiger partial charge in [0.1, 0.15) is 0 Å². The second-order valence-corrected chi connectivity index (χ2v) is 10.3. The zero-order chi connectivity index (χ0) is 21.9. The maximum atomic E-state index is 13.0. The van der Waals surface area contributed by atoms with Crippen molar-refractivity contribution in [2.75, 3.05) is 20.7 Å². The van der Waals surface area contributed by atoms with Gasteiger partial charge in [-0.1, -0.05) is 64.7 Å². The molecule has 172 valence electrons. The monoisotopic (exact) mass is 411 g/mol. The summed E-state index contributed by atoms with van der Waals surface area (Å²) in [6, 6.07) is 0.209. The normalized spacial score (nSPS) is 18.6. The SMILES string of the molecule is CCCCCCCCCCCCN(OC)C(=O)N(C)C1CC(C)(C)NC(C)(C)C1. The first kappa shape index (κ1) is 26.2. The number of hydroxylamine groups is 2. The highest BCUT2D eigenvalue weighted by atomic mass is 16.7. The van der Waals surface area contributed by atoms with E-state index >= 15 is 0 Å². The molecule has 0 unspecified atom stereocenters. The maximum absolute atomic E-state index is 13.0. The van der Waals surface area contributed by atoms with E-state index in [0.717, 1.165) is 19.3 Å². The molecule has 1 rings (SSSR count). The summed E-state index contributed by atoms with van der Waals surface area (Å²) in [5.74, 6) is 0. The summed E-state index contributed by atoms with van der Waals surface area (Å²) in [7, 11) is 3.54. The Balaban J connectivity index is 2.32. The largest absolute Gasteiger partial charge is 0.343 e. The molecule has 2 amide bonds. The number of nitrogens with one attached hydrogen (secondary N) is 1. The minimum atomic E-state index is -0.0121. The van der Waals surface area contributed by atoms with Crippen LogP contribution < -0.4 is 5.32 Å². The van der Waals surface area contributed by atoms with Crippen molar-refractivity contribution < 1.29 is 9.63 Å². The number of carbonyl (C=O) groups excluding carboxylic acids is 1. The summed E-state index contributed by atoms with van der Waals surface area (Å²) in [6.07, 6.45) is 14.8. The first-order chi connectivity index (χ1) is 13.6. The first-order valence-corrected chi connectivity index (χ1v) is 12.0. The van der Waals surface area contributed by atoms with Gasteiger partial charge in [-0.2, -0.15) is 0 Å². The zero-order valence-electron chi connectivity index (χ0n) is 20.5. The standard InChI is InChI=1S/C24H49N3O2/c1-8-9-10-11-12-13-14-15-16-17-18-27(29-7)22(28)26(6)21-19-23(2,3)25-24(4,5)20-21/h21,25H,8-20H2,1-7H3. The minimum Gasteiger partial charge on any atom is -0.323 e. The lowest BCUT2D eigenvalue weighted by Crippen LogP contribution is -2.63. The average Bonchev–Trinajstić information content (AvgIpc) is 2.62. The van der Waals surface area contributed by atoms with Crippen molar-refractivity contribution in [2.24, 2.45) is 0 Å². The predicted molar refractivity (Wildman–Crippen MR) is 123 cm³/mol. The minimum absolute atomic E-state index is 0.0121. The van der Waals surface area contributed by atoms with Crippen molar-refractivity contribution in [2.45, 2.75) is 129 Å². The Morgan fingerprint density at radius 3 is 1.79 bits per heavy atom. The summed E-state index contributed by atoms with van der Waals surface area (Å²) in [5.41, 5.74) is 0.0464. The smallest absolute Gasteiger partial charge is 0.323 e. The highest BCUT2D eigenvalue weighted by Gasteiger charge is 2.40. The van der Waals surface area contributed by atoms with E-state index in [-0.39, 0.29) is 23.2 Å². The molecule has 5 heteroatoms. The lowest BCUT2D eigenvalue weighted by molar-refractivity contribution is -0.100. The van der Waals surface area contributed by atoms with Gasteiger partial charge < -0.3 is 10.2 Å². The summed E-state index contributed by atoms with van der Waals surface area (Å²) >= 11 is 0. The fourth-order valence-electron chi connectivity index (χ4n) is 4.88. The Bertz CT molecular complexity index is 449. The van der Waals surface area contributed by atoms with Gasteiger partial charge in [-0.3, -0.25) is 4.84 Å².